The Morgan fingerprint density at radius 2 is 1.89 bits per heavy atom. The maximum atomic E-state index is 11.8. The maximum Gasteiger partial charge on any atom is 0.336 e. The van der Waals surface area contributed by atoms with Gasteiger partial charge < -0.3 is 14.8 Å². The Balaban J connectivity index is 2.22. The van der Waals surface area contributed by atoms with E-state index in [9.17, 15) is 9.59 Å². The van der Waals surface area contributed by atoms with Crippen LogP contribution in [0.3, 0.4) is 0 Å². The van der Waals surface area contributed by atoms with E-state index in [1.54, 1.807) is 38.1 Å². The number of carbonyl (C=O) groups is 2. The van der Waals surface area contributed by atoms with Crippen molar-refractivity contribution < 1.29 is 19.1 Å². The predicted octanol–water partition coefficient (Wildman–Crippen LogP) is 2.85. The first-order chi connectivity index (χ1) is 8.97. The first kappa shape index (κ1) is 12.9. The summed E-state index contributed by atoms with van der Waals surface area (Å²) in [5.74, 6) is -0.606. The molecule has 1 heterocycles. The number of aryl methyl sites for hydroxylation is 2. The number of benzene rings is 1. The number of furan rings is 1. The third-order valence-corrected chi connectivity index (χ3v) is 2.69. The second-order valence-corrected chi connectivity index (χ2v) is 4.20. The maximum absolute atomic E-state index is 11.8. The van der Waals surface area contributed by atoms with Crippen LogP contribution in [0.4, 0.5) is 5.69 Å². The van der Waals surface area contributed by atoms with E-state index in [1.807, 2.05) is 0 Å². The van der Waals surface area contributed by atoms with Crippen LogP contribution in [0.1, 0.15) is 32.2 Å². The molecule has 0 fully saturated rings. The number of carboxylic acid groups (broad SMARTS) is 1. The third-order valence-electron chi connectivity index (χ3n) is 2.69. The van der Waals surface area contributed by atoms with Crippen LogP contribution in [0.15, 0.2) is 34.7 Å². The van der Waals surface area contributed by atoms with Crippen LogP contribution < -0.4 is 5.32 Å². The van der Waals surface area contributed by atoms with Gasteiger partial charge in [-0.05, 0) is 43.7 Å². The van der Waals surface area contributed by atoms with Crippen molar-refractivity contribution in [2.75, 3.05) is 5.32 Å². The van der Waals surface area contributed by atoms with Crippen molar-refractivity contribution in [3.05, 3.63) is 53.0 Å². The lowest BCUT2D eigenvalue weighted by molar-refractivity contribution is 0.0695. The van der Waals surface area contributed by atoms with Crippen LogP contribution in [-0.4, -0.2) is 17.0 Å². The van der Waals surface area contributed by atoms with E-state index in [-0.39, 0.29) is 11.3 Å². The van der Waals surface area contributed by atoms with E-state index in [1.165, 1.54) is 6.07 Å². The highest BCUT2D eigenvalue weighted by atomic mass is 16.4. The smallest absolute Gasteiger partial charge is 0.336 e. The van der Waals surface area contributed by atoms with Crippen molar-refractivity contribution in [2.24, 2.45) is 0 Å². The molecule has 98 valence electrons. The Bertz CT molecular complexity index is 643. The van der Waals surface area contributed by atoms with Gasteiger partial charge in [-0.25, -0.2) is 4.79 Å². The fourth-order valence-corrected chi connectivity index (χ4v) is 1.68. The highest BCUT2D eigenvalue weighted by molar-refractivity contribution is 6.03. The number of amides is 1. The van der Waals surface area contributed by atoms with Gasteiger partial charge in [0.15, 0.2) is 5.76 Å². The van der Waals surface area contributed by atoms with Gasteiger partial charge in [0, 0.05) is 5.69 Å². The zero-order valence-corrected chi connectivity index (χ0v) is 10.6. The lowest BCUT2D eigenvalue weighted by atomic mass is 10.1. The first-order valence-electron chi connectivity index (χ1n) is 5.69. The molecule has 0 atom stereocenters. The molecular formula is C14H13NO4. The molecule has 5 heteroatoms. The molecule has 1 aromatic carbocycles. The van der Waals surface area contributed by atoms with Crippen molar-refractivity contribution in [3.8, 4) is 0 Å². The SMILES string of the molecule is Cc1ccc(C(=O)Nc2ccc(C)c(C(=O)O)c2)o1. The van der Waals surface area contributed by atoms with Crippen LogP contribution >= 0.6 is 0 Å². The molecule has 2 rings (SSSR count). The van der Waals surface area contributed by atoms with Gasteiger partial charge in [0.2, 0.25) is 0 Å². The van der Waals surface area contributed by atoms with Crippen LogP contribution in [0, 0.1) is 13.8 Å². The minimum absolute atomic E-state index is 0.161. The molecule has 5 nitrogen and oxygen atoms in total. The summed E-state index contributed by atoms with van der Waals surface area (Å²) in [5.41, 5.74) is 1.22. The van der Waals surface area contributed by atoms with E-state index in [2.05, 4.69) is 5.32 Å². The number of nitrogens with one attached hydrogen (secondary N) is 1. The molecular weight excluding hydrogens is 246 g/mol. The normalized spacial score (nSPS) is 10.2. The van der Waals surface area contributed by atoms with E-state index in [4.69, 9.17) is 9.52 Å². The quantitative estimate of drug-likeness (QED) is 0.888. The van der Waals surface area contributed by atoms with Gasteiger partial charge in [-0.2, -0.15) is 0 Å². The molecule has 0 saturated carbocycles. The molecule has 2 aromatic rings. The molecule has 0 aliphatic carbocycles. The Labute approximate surface area is 109 Å². The standard InChI is InChI=1S/C14H13NO4/c1-8-3-5-10(7-11(8)14(17)18)15-13(16)12-6-4-9(2)19-12/h3-7H,1-2H3,(H,15,16)(H,17,18). The third kappa shape index (κ3) is 2.82. The fraction of sp³-hybridized carbons (Fsp3) is 0.143. The Morgan fingerprint density at radius 3 is 2.47 bits per heavy atom. The van der Waals surface area contributed by atoms with E-state index in [0.29, 0.717) is 17.0 Å². The highest BCUT2D eigenvalue weighted by Crippen LogP contribution is 2.17. The van der Waals surface area contributed by atoms with Gasteiger partial charge in [0.05, 0.1) is 5.56 Å². The number of hydrogen-bond donors (Lipinski definition) is 2. The van der Waals surface area contributed by atoms with Gasteiger partial charge in [-0.1, -0.05) is 6.07 Å². The molecule has 0 spiro atoms. The molecule has 1 amide bonds. The second-order valence-electron chi connectivity index (χ2n) is 4.20. The van der Waals surface area contributed by atoms with Crippen molar-refractivity contribution in [1.82, 2.24) is 0 Å². The minimum Gasteiger partial charge on any atom is -0.478 e. The van der Waals surface area contributed by atoms with Gasteiger partial charge >= 0.3 is 5.97 Å². The largest absolute Gasteiger partial charge is 0.478 e. The van der Waals surface area contributed by atoms with Crippen LogP contribution in [-0.2, 0) is 0 Å². The number of carboxylic acids is 1. The van der Waals surface area contributed by atoms with Gasteiger partial charge in [0.25, 0.3) is 5.91 Å². The molecule has 0 unspecified atom stereocenters. The van der Waals surface area contributed by atoms with Gasteiger partial charge in [0.1, 0.15) is 5.76 Å². The molecule has 19 heavy (non-hydrogen) atoms. The summed E-state index contributed by atoms with van der Waals surface area (Å²) in [6.07, 6.45) is 0. The van der Waals surface area contributed by atoms with E-state index < -0.39 is 11.9 Å². The summed E-state index contributed by atoms with van der Waals surface area (Å²) < 4.78 is 5.19. The molecule has 0 bridgehead atoms. The first-order valence-corrected chi connectivity index (χ1v) is 5.69. The van der Waals surface area contributed by atoms with Crippen LogP contribution in [0.5, 0.6) is 0 Å². The Morgan fingerprint density at radius 1 is 1.16 bits per heavy atom. The van der Waals surface area contributed by atoms with Crippen LogP contribution in [0.2, 0.25) is 0 Å². The van der Waals surface area contributed by atoms with E-state index in [0.717, 1.165) is 0 Å². The minimum atomic E-state index is -1.03. The Kier molecular flexibility index (Phi) is 3.37. The van der Waals surface area contributed by atoms with Crippen molar-refractivity contribution >= 4 is 17.6 Å². The van der Waals surface area contributed by atoms with Crippen molar-refractivity contribution in [3.63, 3.8) is 0 Å². The number of anilines is 1. The molecule has 2 N–H and O–H groups in total. The topological polar surface area (TPSA) is 79.5 Å². The zero-order chi connectivity index (χ0) is 14.0. The number of rotatable bonds is 3. The second kappa shape index (κ2) is 4.97. The summed E-state index contributed by atoms with van der Waals surface area (Å²) >= 11 is 0. The number of carbonyl (C=O) groups excluding carboxylic acids is 1. The summed E-state index contributed by atoms with van der Waals surface area (Å²) in [6.45, 7) is 3.44. The van der Waals surface area contributed by atoms with Gasteiger partial charge in [-0.3, -0.25) is 4.79 Å². The molecule has 0 aliphatic rings. The zero-order valence-electron chi connectivity index (χ0n) is 10.6. The lowest BCUT2D eigenvalue weighted by Gasteiger charge is -2.06. The van der Waals surface area contributed by atoms with Gasteiger partial charge in [-0.15, -0.1) is 0 Å². The van der Waals surface area contributed by atoms with Crippen molar-refractivity contribution in [1.29, 1.82) is 0 Å². The number of aromatic carboxylic acids is 1. The lowest BCUT2D eigenvalue weighted by Crippen LogP contribution is -2.12. The monoisotopic (exact) mass is 259 g/mol. The summed E-state index contributed by atoms with van der Waals surface area (Å²) in [5, 5.41) is 11.6. The summed E-state index contributed by atoms with van der Waals surface area (Å²) in [4.78, 5) is 22.8. The van der Waals surface area contributed by atoms with Crippen molar-refractivity contribution in [2.45, 2.75) is 13.8 Å². The van der Waals surface area contributed by atoms with E-state index >= 15 is 0 Å². The average molecular weight is 259 g/mol. The summed E-state index contributed by atoms with van der Waals surface area (Å²) in [7, 11) is 0. The molecule has 0 saturated heterocycles. The molecule has 0 aliphatic heterocycles. The molecule has 0 radical (unpaired) electrons. The number of hydrogen-bond acceptors (Lipinski definition) is 3. The fourth-order valence-electron chi connectivity index (χ4n) is 1.68. The summed E-state index contributed by atoms with van der Waals surface area (Å²) in [6, 6.07) is 7.97. The predicted molar refractivity (Wildman–Crippen MR) is 69.5 cm³/mol. The molecule has 1 aromatic heterocycles. The Hall–Kier alpha value is -2.56. The van der Waals surface area contributed by atoms with Crippen LogP contribution in [0.25, 0.3) is 0 Å². The highest BCUT2D eigenvalue weighted by Gasteiger charge is 2.12. The average Bonchev–Trinajstić information content (AvgIpc) is 2.78.